The zero-order chi connectivity index (χ0) is 23.7. The van der Waals surface area contributed by atoms with Crippen LogP contribution in [0.3, 0.4) is 0 Å². The van der Waals surface area contributed by atoms with Gasteiger partial charge in [-0.05, 0) is 63.8 Å². The second-order valence-corrected chi connectivity index (χ2v) is 7.82. The molecule has 32 heavy (non-hydrogen) atoms. The third kappa shape index (κ3) is 6.82. The molecule has 9 heteroatoms. The molecule has 0 radical (unpaired) electrons. The number of terminal acetylenes is 1. The Bertz CT molecular complexity index is 1030. The van der Waals surface area contributed by atoms with Crippen molar-refractivity contribution in [1.82, 2.24) is 10.7 Å². The van der Waals surface area contributed by atoms with E-state index >= 15 is 0 Å². The Balaban J connectivity index is 2.08. The third-order valence-corrected chi connectivity index (χ3v) is 4.87. The molecule has 0 heterocycles. The lowest BCUT2D eigenvalue weighted by atomic mass is 10.0. The SMILES string of the molecule is C#CCOc1c(Br)cc(C=NNC(=O)C(NC(=O)c2ccc(F)cc2)C(C)C)cc1OC. The van der Waals surface area contributed by atoms with Crippen LogP contribution in [-0.2, 0) is 4.79 Å². The molecule has 0 saturated heterocycles. The predicted molar refractivity (Wildman–Crippen MR) is 123 cm³/mol. The molecular weight excluding hydrogens is 481 g/mol. The number of methoxy groups -OCH3 is 1. The van der Waals surface area contributed by atoms with Crippen LogP contribution < -0.4 is 20.2 Å². The van der Waals surface area contributed by atoms with Crippen molar-refractivity contribution in [3.05, 3.63) is 57.8 Å². The fourth-order valence-electron chi connectivity index (χ4n) is 2.67. The molecule has 0 saturated carbocycles. The minimum absolute atomic E-state index is 0.0820. The molecule has 2 rings (SSSR count). The number of carbonyl (C=O) groups excluding carboxylic acids is 2. The highest BCUT2D eigenvalue weighted by Gasteiger charge is 2.24. The maximum absolute atomic E-state index is 13.1. The van der Waals surface area contributed by atoms with E-state index in [0.717, 1.165) is 0 Å². The maximum Gasteiger partial charge on any atom is 0.262 e. The third-order valence-electron chi connectivity index (χ3n) is 4.28. The Morgan fingerprint density at radius 2 is 1.97 bits per heavy atom. The fourth-order valence-corrected chi connectivity index (χ4v) is 3.24. The second kappa shape index (κ2) is 11.9. The Morgan fingerprint density at radius 1 is 1.28 bits per heavy atom. The van der Waals surface area contributed by atoms with Gasteiger partial charge in [-0.2, -0.15) is 5.10 Å². The van der Waals surface area contributed by atoms with Crippen LogP contribution >= 0.6 is 15.9 Å². The normalized spacial score (nSPS) is 11.7. The number of nitrogens with zero attached hydrogens (tertiary/aromatic N) is 1. The van der Waals surface area contributed by atoms with Crippen molar-refractivity contribution in [1.29, 1.82) is 0 Å². The molecule has 0 aliphatic heterocycles. The summed E-state index contributed by atoms with van der Waals surface area (Å²) in [5.74, 6) is 1.63. The number of hydrogen-bond acceptors (Lipinski definition) is 5. The Hall–Kier alpha value is -3.38. The minimum atomic E-state index is -0.842. The number of hydrogen-bond donors (Lipinski definition) is 2. The van der Waals surface area contributed by atoms with Crippen molar-refractivity contribution < 1.29 is 23.5 Å². The summed E-state index contributed by atoms with van der Waals surface area (Å²) < 4.78 is 24.4. The lowest BCUT2D eigenvalue weighted by Crippen LogP contribution is -2.48. The highest BCUT2D eigenvalue weighted by molar-refractivity contribution is 9.10. The molecule has 2 aromatic rings. The average molecular weight is 504 g/mol. The van der Waals surface area contributed by atoms with Crippen LogP contribution in [-0.4, -0.2) is 37.8 Å². The summed E-state index contributed by atoms with van der Waals surface area (Å²) in [5, 5.41) is 6.62. The van der Waals surface area contributed by atoms with Crippen LogP contribution in [0, 0.1) is 24.1 Å². The van der Waals surface area contributed by atoms with E-state index in [0.29, 0.717) is 21.5 Å². The summed E-state index contributed by atoms with van der Waals surface area (Å²) >= 11 is 3.39. The zero-order valence-corrected chi connectivity index (χ0v) is 19.4. The van der Waals surface area contributed by atoms with Crippen molar-refractivity contribution in [3.8, 4) is 23.8 Å². The molecule has 7 nitrogen and oxygen atoms in total. The van der Waals surface area contributed by atoms with Crippen molar-refractivity contribution >= 4 is 34.0 Å². The minimum Gasteiger partial charge on any atom is -0.493 e. The van der Waals surface area contributed by atoms with Crippen molar-refractivity contribution in [2.45, 2.75) is 19.9 Å². The maximum atomic E-state index is 13.1. The summed E-state index contributed by atoms with van der Waals surface area (Å²) in [6.07, 6.45) is 6.65. The van der Waals surface area contributed by atoms with Crippen LogP contribution in [0.25, 0.3) is 0 Å². The molecule has 0 aromatic heterocycles. The predicted octanol–water partition coefficient (Wildman–Crippen LogP) is 3.51. The largest absolute Gasteiger partial charge is 0.493 e. The molecule has 2 aromatic carbocycles. The first kappa shape index (κ1) is 24.9. The van der Waals surface area contributed by atoms with E-state index in [1.54, 1.807) is 26.0 Å². The van der Waals surface area contributed by atoms with Gasteiger partial charge in [-0.15, -0.1) is 6.42 Å². The smallest absolute Gasteiger partial charge is 0.262 e. The second-order valence-electron chi connectivity index (χ2n) is 6.96. The van der Waals surface area contributed by atoms with Crippen molar-refractivity contribution in [3.63, 3.8) is 0 Å². The van der Waals surface area contributed by atoms with Crippen LogP contribution in [0.5, 0.6) is 11.5 Å². The monoisotopic (exact) mass is 503 g/mol. The number of nitrogens with one attached hydrogen (secondary N) is 2. The van der Waals surface area contributed by atoms with E-state index in [9.17, 15) is 14.0 Å². The van der Waals surface area contributed by atoms with E-state index in [1.807, 2.05) is 0 Å². The molecule has 1 unspecified atom stereocenters. The van der Waals surface area contributed by atoms with Gasteiger partial charge in [0.25, 0.3) is 11.8 Å². The Morgan fingerprint density at radius 3 is 2.56 bits per heavy atom. The van der Waals surface area contributed by atoms with Gasteiger partial charge in [0.1, 0.15) is 18.5 Å². The highest BCUT2D eigenvalue weighted by Crippen LogP contribution is 2.36. The van der Waals surface area contributed by atoms with Gasteiger partial charge in [-0.3, -0.25) is 9.59 Å². The molecule has 0 fully saturated rings. The first-order valence-corrected chi connectivity index (χ1v) is 10.4. The van der Waals surface area contributed by atoms with Gasteiger partial charge in [0.15, 0.2) is 11.5 Å². The topological polar surface area (TPSA) is 89.0 Å². The summed E-state index contributed by atoms with van der Waals surface area (Å²) in [6, 6.07) is 7.60. The lowest BCUT2D eigenvalue weighted by molar-refractivity contribution is -0.123. The number of amides is 2. The van der Waals surface area contributed by atoms with E-state index in [4.69, 9.17) is 15.9 Å². The molecule has 0 bridgehead atoms. The summed E-state index contributed by atoms with van der Waals surface area (Å²) in [6.45, 7) is 3.66. The van der Waals surface area contributed by atoms with Crippen LogP contribution in [0.4, 0.5) is 4.39 Å². The van der Waals surface area contributed by atoms with E-state index in [2.05, 4.69) is 37.7 Å². The van der Waals surface area contributed by atoms with Crippen LogP contribution in [0.15, 0.2) is 46.0 Å². The van der Waals surface area contributed by atoms with Gasteiger partial charge in [-0.25, -0.2) is 9.82 Å². The molecular formula is C23H23BrFN3O4. The standard InChI is InChI=1S/C23H23BrFN3O4/c1-5-10-32-21-18(24)11-15(12-19(21)31-4)13-26-28-23(30)20(14(2)3)27-22(29)16-6-8-17(25)9-7-16/h1,6-9,11-14,20H,10H2,2-4H3,(H,27,29)(H,28,30). The molecule has 2 amide bonds. The molecule has 0 aliphatic rings. The number of rotatable bonds is 9. The quantitative estimate of drug-likeness (QED) is 0.311. The molecule has 0 spiro atoms. The Labute approximate surface area is 194 Å². The summed E-state index contributed by atoms with van der Waals surface area (Å²) in [4.78, 5) is 25.0. The summed E-state index contributed by atoms with van der Waals surface area (Å²) in [7, 11) is 1.49. The first-order chi connectivity index (χ1) is 15.3. The fraction of sp³-hybridized carbons (Fsp3) is 0.261. The first-order valence-electron chi connectivity index (χ1n) is 9.60. The molecule has 2 N–H and O–H groups in total. The number of carbonyl (C=O) groups is 2. The summed E-state index contributed by atoms with van der Waals surface area (Å²) in [5.41, 5.74) is 3.30. The van der Waals surface area contributed by atoms with Gasteiger partial charge in [0, 0.05) is 5.56 Å². The zero-order valence-electron chi connectivity index (χ0n) is 17.8. The van der Waals surface area contributed by atoms with E-state index < -0.39 is 23.7 Å². The molecule has 1 atom stereocenters. The number of ether oxygens (including phenoxy) is 2. The highest BCUT2D eigenvalue weighted by atomic mass is 79.9. The van der Waals surface area contributed by atoms with Gasteiger partial charge in [0.2, 0.25) is 0 Å². The Kier molecular flexibility index (Phi) is 9.22. The number of benzene rings is 2. The number of hydrazone groups is 1. The van der Waals surface area contributed by atoms with Crippen molar-refractivity contribution in [2.75, 3.05) is 13.7 Å². The van der Waals surface area contributed by atoms with Crippen LogP contribution in [0.1, 0.15) is 29.8 Å². The lowest BCUT2D eigenvalue weighted by Gasteiger charge is -2.20. The van der Waals surface area contributed by atoms with Gasteiger partial charge in [0.05, 0.1) is 17.8 Å². The van der Waals surface area contributed by atoms with E-state index in [-0.39, 0.29) is 18.1 Å². The van der Waals surface area contributed by atoms with Gasteiger partial charge < -0.3 is 14.8 Å². The molecule has 0 aliphatic carbocycles. The van der Waals surface area contributed by atoms with E-state index in [1.165, 1.54) is 37.6 Å². The van der Waals surface area contributed by atoms with Gasteiger partial charge in [-0.1, -0.05) is 19.8 Å². The molecule has 168 valence electrons. The number of halogens is 2. The average Bonchev–Trinajstić information content (AvgIpc) is 2.76. The van der Waals surface area contributed by atoms with Gasteiger partial charge >= 0.3 is 0 Å². The van der Waals surface area contributed by atoms with Crippen LogP contribution in [0.2, 0.25) is 0 Å². The van der Waals surface area contributed by atoms with Crippen molar-refractivity contribution in [2.24, 2.45) is 11.0 Å².